The van der Waals surface area contributed by atoms with E-state index in [4.69, 9.17) is 0 Å². The van der Waals surface area contributed by atoms with Crippen LogP contribution >= 0.6 is 0 Å². The van der Waals surface area contributed by atoms with Crippen LogP contribution in [0.4, 0.5) is 0 Å². The molecule has 0 saturated heterocycles. The average Bonchev–Trinajstić information content (AvgIpc) is 2.64. The van der Waals surface area contributed by atoms with Crippen molar-refractivity contribution >= 4 is 0 Å². The zero-order chi connectivity index (χ0) is 16.4. The number of hydrogen-bond acceptors (Lipinski definition) is 5. The third-order valence-electron chi connectivity index (χ3n) is 4.17. The first-order chi connectivity index (χ1) is 11.8. The predicted molar refractivity (Wildman–Crippen MR) is 90.1 cm³/mol. The van der Waals surface area contributed by atoms with E-state index >= 15 is 0 Å². The molecule has 6 nitrogen and oxygen atoms in total. The maximum atomic E-state index is 12.5. The highest BCUT2D eigenvalue weighted by Crippen LogP contribution is 2.18. The number of fused-ring (bicyclic) bond motifs is 1. The molecule has 1 N–H and O–H groups in total. The van der Waals surface area contributed by atoms with Crippen molar-refractivity contribution in [3.05, 3.63) is 76.1 Å². The van der Waals surface area contributed by atoms with Gasteiger partial charge >= 0.3 is 0 Å². The molecule has 3 aromatic rings. The standard InChI is InChI=1S/C18H17N5O/c24-18-14-12-23(11-13-5-1-3-8-19-13)10-7-15(14)21-17(22-18)16-6-2-4-9-20-16/h1-6,8-9H,7,10-12H2,(H,21,22,24). The van der Waals surface area contributed by atoms with E-state index in [0.717, 1.165) is 36.5 Å². The first-order valence-electron chi connectivity index (χ1n) is 7.95. The van der Waals surface area contributed by atoms with E-state index in [1.165, 1.54) is 0 Å². The highest BCUT2D eigenvalue weighted by molar-refractivity contribution is 5.49. The van der Waals surface area contributed by atoms with Crippen LogP contribution in [0, 0.1) is 0 Å². The van der Waals surface area contributed by atoms with Gasteiger partial charge in [-0.15, -0.1) is 0 Å². The topological polar surface area (TPSA) is 74.8 Å². The molecule has 24 heavy (non-hydrogen) atoms. The molecule has 0 aliphatic carbocycles. The Morgan fingerprint density at radius 3 is 2.67 bits per heavy atom. The van der Waals surface area contributed by atoms with Crippen LogP contribution in [0.1, 0.15) is 17.0 Å². The minimum Gasteiger partial charge on any atom is -0.305 e. The number of aromatic amines is 1. The number of aromatic nitrogens is 4. The van der Waals surface area contributed by atoms with Crippen molar-refractivity contribution < 1.29 is 0 Å². The van der Waals surface area contributed by atoms with Crippen LogP contribution in [0.2, 0.25) is 0 Å². The van der Waals surface area contributed by atoms with Gasteiger partial charge < -0.3 is 4.98 Å². The Bertz CT molecular complexity index is 892. The number of nitrogens with one attached hydrogen (secondary N) is 1. The van der Waals surface area contributed by atoms with Crippen molar-refractivity contribution in [3.8, 4) is 11.5 Å². The van der Waals surface area contributed by atoms with E-state index in [1.54, 1.807) is 12.4 Å². The van der Waals surface area contributed by atoms with Gasteiger partial charge in [-0.2, -0.15) is 0 Å². The van der Waals surface area contributed by atoms with Gasteiger partial charge in [-0.25, -0.2) is 4.98 Å². The second kappa shape index (κ2) is 6.33. The molecule has 1 aliphatic rings. The summed E-state index contributed by atoms with van der Waals surface area (Å²) in [5, 5.41) is 0. The maximum Gasteiger partial charge on any atom is 0.255 e. The van der Waals surface area contributed by atoms with E-state index in [9.17, 15) is 4.79 Å². The molecule has 0 radical (unpaired) electrons. The van der Waals surface area contributed by atoms with Crippen molar-refractivity contribution in [2.45, 2.75) is 19.5 Å². The summed E-state index contributed by atoms with van der Waals surface area (Å²) < 4.78 is 0. The molecule has 0 atom stereocenters. The highest BCUT2D eigenvalue weighted by atomic mass is 16.1. The SMILES string of the molecule is O=c1[nH]c(-c2ccccn2)nc2c1CN(Cc1ccccn1)CC2. The summed E-state index contributed by atoms with van der Waals surface area (Å²) >= 11 is 0. The molecule has 0 amide bonds. The molecule has 3 aromatic heterocycles. The van der Waals surface area contributed by atoms with Gasteiger partial charge in [0.05, 0.1) is 17.0 Å². The Hall–Kier alpha value is -2.86. The fourth-order valence-corrected chi connectivity index (χ4v) is 2.96. The van der Waals surface area contributed by atoms with Gasteiger partial charge in [-0.3, -0.25) is 19.7 Å². The van der Waals surface area contributed by atoms with E-state index < -0.39 is 0 Å². The Morgan fingerprint density at radius 1 is 1.08 bits per heavy atom. The van der Waals surface area contributed by atoms with Crippen LogP contribution in [0.3, 0.4) is 0 Å². The van der Waals surface area contributed by atoms with E-state index in [1.807, 2.05) is 36.4 Å². The van der Waals surface area contributed by atoms with Gasteiger partial charge in [-0.05, 0) is 24.3 Å². The maximum absolute atomic E-state index is 12.5. The molecule has 0 unspecified atom stereocenters. The van der Waals surface area contributed by atoms with Crippen LogP contribution in [0.25, 0.3) is 11.5 Å². The lowest BCUT2D eigenvalue weighted by Crippen LogP contribution is -2.35. The van der Waals surface area contributed by atoms with Crippen LogP contribution in [0.15, 0.2) is 53.6 Å². The molecular formula is C18H17N5O. The van der Waals surface area contributed by atoms with Gasteiger partial charge in [0.25, 0.3) is 5.56 Å². The average molecular weight is 319 g/mol. The summed E-state index contributed by atoms with van der Waals surface area (Å²) in [4.78, 5) is 30.8. The lowest BCUT2D eigenvalue weighted by Gasteiger charge is -2.27. The van der Waals surface area contributed by atoms with Crippen molar-refractivity contribution in [3.63, 3.8) is 0 Å². The summed E-state index contributed by atoms with van der Waals surface area (Å²) in [7, 11) is 0. The van der Waals surface area contributed by atoms with Crippen LogP contribution in [0.5, 0.6) is 0 Å². The fraction of sp³-hybridized carbons (Fsp3) is 0.222. The monoisotopic (exact) mass is 319 g/mol. The summed E-state index contributed by atoms with van der Waals surface area (Å²) in [6.45, 7) is 2.19. The Balaban J connectivity index is 1.60. The molecule has 4 heterocycles. The third-order valence-corrected chi connectivity index (χ3v) is 4.17. The van der Waals surface area contributed by atoms with Crippen molar-refractivity contribution in [1.82, 2.24) is 24.8 Å². The van der Waals surface area contributed by atoms with Gasteiger partial charge in [0.1, 0.15) is 5.69 Å². The molecule has 4 rings (SSSR count). The zero-order valence-electron chi connectivity index (χ0n) is 13.1. The molecule has 0 bridgehead atoms. The second-order valence-electron chi connectivity index (χ2n) is 5.84. The fourth-order valence-electron chi connectivity index (χ4n) is 2.96. The molecule has 0 saturated carbocycles. The third kappa shape index (κ3) is 2.96. The summed E-state index contributed by atoms with van der Waals surface area (Å²) in [6, 6.07) is 11.5. The first kappa shape index (κ1) is 14.7. The summed E-state index contributed by atoms with van der Waals surface area (Å²) in [5.74, 6) is 0.539. The molecule has 6 heteroatoms. The zero-order valence-corrected chi connectivity index (χ0v) is 13.1. The normalized spacial score (nSPS) is 14.3. The van der Waals surface area contributed by atoms with Gasteiger partial charge in [0.2, 0.25) is 0 Å². The van der Waals surface area contributed by atoms with E-state index in [0.29, 0.717) is 18.1 Å². The predicted octanol–water partition coefficient (Wildman–Crippen LogP) is 1.79. The molecule has 120 valence electrons. The molecule has 0 spiro atoms. The largest absolute Gasteiger partial charge is 0.305 e. The van der Waals surface area contributed by atoms with E-state index in [2.05, 4.69) is 24.8 Å². The summed E-state index contributed by atoms with van der Waals surface area (Å²) in [5.41, 5.74) is 3.24. The van der Waals surface area contributed by atoms with Crippen molar-refractivity contribution in [2.75, 3.05) is 6.54 Å². The smallest absolute Gasteiger partial charge is 0.255 e. The van der Waals surface area contributed by atoms with Gasteiger partial charge in [0.15, 0.2) is 5.82 Å². The quantitative estimate of drug-likeness (QED) is 0.796. The van der Waals surface area contributed by atoms with E-state index in [-0.39, 0.29) is 5.56 Å². The van der Waals surface area contributed by atoms with Gasteiger partial charge in [-0.1, -0.05) is 12.1 Å². The number of pyridine rings is 2. The lowest BCUT2D eigenvalue weighted by atomic mass is 10.1. The molecule has 0 fully saturated rings. The Kier molecular flexibility index (Phi) is 3.88. The molecule has 1 aliphatic heterocycles. The Labute approximate surface area is 139 Å². The van der Waals surface area contributed by atoms with Crippen molar-refractivity contribution in [1.29, 1.82) is 0 Å². The lowest BCUT2D eigenvalue weighted by molar-refractivity contribution is 0.239. The van der Waals surface area contributed by atoms with Gasteiger partial charge in [0, 0.05) is 38.4 Å². The number of nitrogens with zero attached hydrogens (tertiary/aromatic N) is 4. The van der Waals surface area contributed by atoms with Crippen LogP contribution in [-0.4, -0.2) is 31.4 Å². The number of rotatable bonds is 3. The minimum atomic E-state index is -0.0774. The van der Waals surface area contributed by atoms with Crippen LogP contribution < -0.4 is 5.56 Å². The van der Waals surface area contributed by atoms with Crippen molar-refractivity contribution in [2.24, 2.45) is 0 Å². The number of H-pyrrole nitrogens is 1. The Morgan fingerprint density at radius 2 is 1.92 bits per heavy atom. The first-order valence-corrected chi connectivity index (χ1v) is 7.95. The van der Waals surface area contributed by atoms with Crippen LogP contribution in [-0.2, 0) is 19.5 Å². The number of hydrogen-bond donors (Lipinski definition) is 1. The summed E-state index contributed by atoms with van der Waals surface area (Å²) in [6.07, 6.45) is 4.25. The second-order valence-corrected chi connectivity index (χ2v) is 5.84. The molecular weight excluding hydrogens is 302 g/mol. The minimum absolute atomic E-state index is 0.0774. The highest BCUT2D eigenvalue weighted by Gasteiger charge is 2.21. The molecule has 0 aromatic carbocycles.